The van der Waals surface area contributed by atoms with E-state index in [9.17, 15) is 4.79 Å². The van der Waals surface area contributed by atoms with Crippen molar-refractivity contribution in [3.8, 4) is 5.75 Å². The third kappa shape index (κ3) is 3.75. The highest BCUT2D eigenvalue weighted by Crippen LogP contribution is 2.28. The predicted octanol–water partition coefficient (Wildman–Crippen LogP) is 4.92. The number of thiazole rings is 1. The van der Waals surface area contributed by atoms with Crippen molar-refractivity contribution >= 4 is 50.3 Å². The van der Waals surface area contributed by atoms with E-state index in [2.05, 4.69) is 10.3 Å². The molecule has 0 aliphatic rings. The Morgan fingerprint density at radius 2 is 2.12 bits per heavy atom. The van der Waals surface area contributed by atoms with Gasteiger partial charge < -0.3 is 4.74 Å². The lowest BCUT2D eigenvalue weighted by atomic mass is 10.1. The molecule has 0 spiro atoms. The van der Waals surface area contributed by atoms with Crippen LogP contribution in [0.25, 0.3) is 16.3 Å². The van der Waals surface area contributed by atoms with Crippen LogP contribution in [0.1, 0.15) is 11.1 Å². The molecule has 1 heterocycles. The Kier molecular flexibility index (Phi) is 4.83. The zero-order valence-electron chi connectivity index (χ0n) is 13.2. The molecular weight excluding hydrogens is 344 g/mol. The average Bonchev–Trinajstić information content (AvgIpc) is 2.94. The monoisotopic (exact) mass is 358 g/mol. The summed E-state index contributed by atoms with van der Waals surface area (Å²) in [5.74, 6) is 0.475. The van der Waals surface area contributed by atoms with Crippen molar-refractivity contribution in [2.24, 2.45) is 0 Å². The van der Waals surface area contributed by atoms with Gasteiger partial charge in [-0.1, -0.05) is 34.6 Å². The van der Waals surface area contributed by atoms with Gasteiger partial charge in [0, 0.05) is 16.7 Å². The number of halogens is 1. The maximum absolute atomic E-state index is 12.1. The number of nitrogens with one attached hydrogen (secondary N) is 1. The topological polar surface area (TPSA) is 51.2 Å². The lowest BCUT2D eigenvalue weighted by molar-refractivity contribution is -0.111. The maximum atomic E-state index is 12.1. The van der Waals surface area contributed by atoms with Gasteiger partial charge in [-0.3, -0.25) is 10.1 Å². The molecule has 3 aromatic rings. The fourth-order valence-corrected chi connectivity index (χ4v) is 3.39. The number of benzene rings is 2. The summed E-state index contributed by atoms with van der Waals surface area (Å²) in [6, 6.07) is 11.2. The molecule has 3 rings (SSSR count). The number of hydrogen-bond acceptors (Lipinski definition) is 4. The van der Waals surface area contributed by atoms with Crippen LogP contribution in [0.4, 0.5) is 5.13 Å². The van der Waals surface area contributed by atoms with Crippen LogP contribution in [0, 0.1) is 6.92 Å². The van der Waals surface area contributed by atoms with Crippen molar-refractivity contribution in [3.05, 3.63) is 58.6 Å². The molecule has 1 amide bonds. The molecule has 122 valence electrons. The molecule has 1 aromatic heterocycles. The van der Waals surface area contributed by atoms with E-state index in [1.807, 2.05) is 37.3 Å². The Morgan fingerprint density at radius 3 is 2.92 bits per heavy atom. The highest BCUT2D eigenvalue weighted by molar-refractivity contribution is 7.22. The molecule has 6 heteroatoms. The minimum atomic E-state index is -0.247. The third-order valence-electron chi connectivity index (χ3n) is 3.38. The van der Waals surface area contributed by atoms with Gasteiger partial charge in [0.25, 0.3) is 0 Å². The van der Waals surface area contributed by atoms with E-state index in [1.54, 1.807) is 19.3 Å². The zero-order valence-corrected chi connectivity index (χ0v) is 14.7. The first-order valence-corrected chi connectivity index (χ1v) is 8.44. The molecule has 2 aromatic carbocycles. The zero-order chi connectivity index (χ0) is 17.1. The van der Waals surface area contributed by atoms with Crippen LogP contribution in [-0.4, -0.2) is 18.0 Å². The van der Waals surface area contributed by atoms with Gasteiger partial charge in [0.05, 0.1) is 17.3 Å². The molecule has 24 heavy (non-hydrogen) atoms. The largest absolute Gasteiger partial charge is 0.496 e. The van der Waals surface area contributed by atoms with Crippen LogP contribution < -0.4 is 10.1 Å². The van der Waals surface area contributed by atoms with Gasteiger partial charge in [-0.15, -0.1) is 0 Å². The van der Waals surface area contributed by atoms with Gasteiger partial charge in [-0.2, -0.15) is 0 Å². The molecule has 0 radical (unpaired) electrons. The molecule has 0 bridgehead atoms. The molecule has 0 atom stereocenters. The van der Waals surface area contributed by atoms with E-state index < -0.39 is 0 Å². The first-order chi connectivity index (χ1) is 11.5. The van der Waals surface area contributed by atoms with Crippen molar-refractivity contribution in [2.75, 3.05) is 12.4 Å². The summed E-state index contributed by atoms with van der Waals surface area (Å²) in [7, 11) is 1.61. The number of carbonyl (C=O) groups excluding carboxylic acids is 1. The standard InChI is InChI=1S/C18H15ClN2O2S/c1-11-3-7-15(23-2)12(9-11)4-8-17(22)21-18-20-14-6-5-13(19)10-16(14)24-18/h3-10H,1-2H3,(H,20,21,22)/b8-4+. The van der Waals surface area contributed by atoms with Gasteiger partial charge in [0.1, 0.15) is 5.75 Å². The molecule has 0 saturated carbocycles. The summed E-state index contributed by atoms with van der Waals surface area (Å²) >= 11 is 7.35. The van der Waals surface area contributed by atoms with E-state index in [1.165, 1.54) is 17.4 Å². The Morgan fingerprint density at radius 1 is 1.29 bits per heavy atom. The minimum Gasteiger partial charge on any atom is -0.496 e. The lowest BCUT2D eigenvalue weighted by Crippen LogP contribution is -2.07. The normalized spacial score (nSPS) is 11.1. The number of carbonyl (C=O) groups is 1. The van der Waals surface area contributed by atoms with Gasteiger partial charge in [0.15, 0.2) is 5.13 Å². The Labute approximate surface area is 148 Å². The van der Waals surface area contributed by atoms with Gasteiger partial charge in [-0.05, 0) is 43.3 Å². The quantitative estimate of drug-likeness (QED) is 0.673. The molecule has 0 unspecified atom stereocenters. The van der Waals surface area contributed by atoms with E-state index in [-0.39, 0.29) is 5.91 Å². The molecule has 4 nitrogen and oxygen atoms in total. The van der Waals surface area contributed by atoms with E-state index in [0.29, 0.717) is 10.2 Å². The van der Waals surface area contributed by atoms with Crippen LogP contribution in [0.2, 0.25) is 5.02 Å². The van der Waals surface area contributed by atoms with Gasteiger partial charge in [0.2, 0.25) is 5.91 Å². The van der Waals surface area contributed by atoms with Gasteiger partial charge >= 0.3 is 0 Å². The lowest BCUT2D eigenvalue weighted by Gasteiger charge is -2.05. The summed E-state index contributed by atoms with van der Waals surface area (Å²) in [4.78, 5) is 16.5. The van der Waals surface area contributed by atoms with Crippen LogP contribution >= 0.6 is 22.9 Å². The van der Waals surface area contributed by atoms with Crippen molar-refractivity contribution in [1.82, 2.24) is 4.98 Å². The number of nitrogens with zero attached hydrogens (tertiary/aromatic N) is 1. The second-order valence-corrected chi connectivity index (χ2v) is 6.67. The molecule has 1 N–H and O–H groups in total. The van der Waals surface area contributed by atoms with Crippen molar-refractivity contribution in [1.29, 1.82) is 0 Å². The number of rotatable bonds is 4. The average molecular weight is 359 g/mol. The number of aromatic nitrogens is 1. The molecular formula is C18H15ClN2O2S. The van der Waals surface area contributed by atoms with Crippen LogP contribution in [0.5, 0.6) is 5.75 Å². The second-order valence-electron chi connectivity index (χ2n) is 5.20. The van der Waals surface area contributed by atoms with E-state index in [4.69, 9.17) is 16.3 Å². The number of amides is 1. The number of fused-ring (bicyclic) bond motifs is 1. The first kappa shape index (κ1) is 16.5. The summed E-state index contributed by atoms with van der Waals surface area (Å²) < 4.78 is 6.23. The molecule has 0 aliphatic heterocycles. The highest BCUT2D eigenvalue weighted by Gasteiger charge is 2.07. The molecule has 0 aliphatic carbocycles. The number of hydrogen-bond donors (Lipinski definition) is 1. The third-order valence-corrected chi connectivity index (χ3v) is 4.55. The Hall–Kier alpha value is -2.37. The smallest absolute Gasteiger partial charge is 0.250 e. The summed E-state index contributed by atoms with van der Waals surface area (Å²) in [5.41, 5.74) is 2.76. The SMILES string of the molecule is COc1ccc(C)cc1/C=C/C(=O)Nc1nc2ccc(Cl)cc2s1. The van der Waals surface area contributed by atoms with Crippen molar-refractivity contribution in [3.63, 3.8) is 0 Å². The predicted molar refractivity (Wildman–Crippen MR) is 100 cm³/mol. The maximum Gasteiger partial charge on any atom is 0.250 e. The number of anilines is 1. The fraction of sp³-hybridized carbons (Fsp3) is 0.111. The van der Waals surface area contributed by atoms with Crippen LogP contribution in [0.15, 0.2) is 42.5 Å². The Balaban J connectivity index is 1.76. The van der Waals surface area contributed by atoms with Gasteiger partial charge in [-0.25, -0.2) is 4.98 Å². The summed E-state index contributed by atoms with van der Waals surface area (Å²) in [5, 5.41) is 3.96. The van der Waals surface area contributed by atoms with Crippen molar-refractivity contribution < 1.29 is 9.53 Å². The molecule has 0 fully saturated rings. The number of ether oxygens (including phenoxy) is 1. The first-order valence-electron chi connectivity index (χ1n) is 7.25. The van der Waals surface area contributed by atoms with E-state index in [0.717, 1.165) is 27.1 Å². The highest BCUT2D eigenvalue weighted by atomic mass is 35.5. The van der Waals surface area contributed by atoms with Crippen LogP contribution in [0.3, 0.4) is 0 Å². The van der Waals surface area contributed by atoms with Crippen molar-refractivity contribution in [2.45, 2.75) is 6.92 Å². The number of methoxy groups -OCH3 is 1. The fourth-order valence-electron chi connectivity index (χ4n) is 2.25. The second kappa shape index (κ2) is 7.03. The summed E-state index contributed by atoms with van der Waals surface area (Å²) in [6.07, 6.45) is 3.20. The van der Waals surface area contributed by atoms with Crippen LogP contribution in [-0.2, 0) is 4.79 Å². The molecule has 0 saturated heterocycles. The minimum absolute atomic E-state index is 0.247. The summed E-state index contributed by atoms with van der Waals surface area (Å²) in [6.45, 7) is 1.99. The number of aryl methyl sites for hydroxylation is 1. The van der Waals surface area contributed by atoms with E-state index >= 15 is 0 Å². The Bertz CT molecular complexity index is 934.